The van der Waals surface area contributed by atoms with E-state index in [0.29, 0.717) is 5.82 Å². The van der Waals surface area contributed by atoms with Crippen molar-refractivity contribution in [2.45, 2.75) is 22.8 Å². The summed E-state index contributed by atoms with van der Waals surface area (Å²) in [5, 5.41) is 4.99. The van der Waals surface area contributed by atoms with Crippen molar-refractivity contribution in [1.29, 1.82) is 0 Å². The fourth-order valence-electron chi connectivity index (χ4n) is 1.69. The number of nitrogens with zero attached hydrogens (tertiary/aromatic N) is 1. The Labute approximate surface area is 122 Å². The third kappa shape index (κ3) is 3.67. The van der Waals surface area contributed by atoms with Crippen molar-refractivity contribution in [2.24, 2.45) is 5.14 Å². The number of benzene rings is 1. The van der Waals surface area contributed by atoms with E-state index < -0.39 is 26.1 Å². The Bertz CT molecular complexity index is 829. The van der Waals surface area contributed by atoms with Crippen LogP contribution in [-0.2, 0) is 20.0 Å². The molecule has 2 aromatic rings. The lowest BCUT2D eigenvalue weighted by Gasteiger charge is -2.12. The molecule has 4 N–H and O–H groups in total. The van der Waals surface area contributed by atoms with Gasteiger partial charge in [-0.1, -0.05) is 6.07 Å². The number of imidazole rings is 1. The maximum absolute atomic E-state index is 12.2. The summed E-state index contributed by atoms with van der Waals surface area (Å²) >= 11 is 0. The number of aromatic amines is 1. The van der Waals surface area contributed by atoms with Gasteiger partial charge in [-0.15, -0.1) is 0 Å². The highest BCUT2D eigenvalue weighted by Gasteiger charge is 2.21. The van der Waals surface area contributed by atoms with Gasteiger partial charge in [-0.2, -0.15) is 0 Å². The van der Waals surface area contributed by atoms with Crippen molar-refractivity contribution in [3.8, 4) is 0 Å². The number of nitrogens with two attached hydrogens (primary N) is 1. The summed E-state index contributed by atoms with van der Waals surface area (Å²) < 4.78 is 49.4. The Kier molecular flexibility index (Phi) is 4.14. The second kappa shape index (κ2) is 5.56. The first-order valence-electron chi connectivity index (χ1n) is 5.84. The van der Waals surface area contributed by atoms with Gasteiger partial charge in [-0.05, 0) is 25.1 Å². The van der Waals surface area contributed by atoms with Gasteiger partial charge in [0.15, 0.2) is 0 Å². The van der Waals surface area contributed by atoms with Gasteiger partial charge in [0.25, 0.3) is 0 Å². The standard InChI is InChI=1S/C11H14N4O4S2/c1-8(11-13-5-6-14-11)15-21(18,19)10-4-2-3-9(7-10)20(12,16)17/h2-8,15H,1H3,(H,13,14)(H2,12,16,17). The number of H-pyrrole nitrogens is 1. The maximum atomic E-state index is 12.2. The lowest BCUT2D eigenvalue weighted by molar-refractivity contribution is 0.561. The van der Waals surface area contributed by atoms with E-state index in [1.165, 1.54) is 24.4 Å². The Hall–Kier alpha value is -1.75. The van der Waals surface area contributed by atoms with Crippen LogP contribution in [0.4, 0.5) is 0 Å². The molecule has 0 amide bonds. The minimum Gasteiger partial charge on any atom is -0.347 e. The number of primary sulfonamides is 1. The van der Waals surface area contributed by atoms with E-state index in [9.17, 15) is 16.8 Å². The number of hydrogen-bond acceptors (Lipinski definition) is 5. The summed E-state index contributed by atoms with van der Waals surface area (Å²) in [6.45, 7) is 1.61. The third-order valence-electron chi connectivity index (χ3n) is 2.71. The van der Waals surface area contributed by atoms with Gasteiger partial charge in [0.2, 0.25) is 20.0 Å². The molecule has 0 saturated carbocycles. The van der Waals surface area contributed by atoms with Gasteiger partial charge in [-0.3, -0.25) is 0 Å². The minimum absolute atomic E-state index is 0.188. The first-order chi connectivity index (χ1) is 9.70. The summed E-state index contributed by atoms with van der Waals surface area (Å²) in [4.78, 5) is 6.29. The van der Waals surface area contributed by atoms with Crippen molar-refractivity contribution in [2.75, 3.05) is 0 Å². The average molecular weight is 330 g/mol. The molecule has 1 aromatic heterocycles. The molecular formula is C11H14N4O4S2. The molecule has 0 bridgehead atoms. The zero-order chi connectivity index (χ0) is 15.7. The molecule has 0 saturated heterocycles. The fraction of sp³-hybridized carbons (Fsp3) is 0.182. The molecule has 8 nitrogen and oxygen atoms in total. The van der Waals surface area contributed by atoms with Gasteiger partial charge < -0.3 is 4.98 Å². The molecule has 0 fully saturated rings. The van der Waals surface area contributed by atoms with Crippen LogP contribution in [0.25, 0.3) is 0 Å². The van der Waals surface area contributed by atoms with E-state index in [1.54, 1.807) is 13.1 Å². The topological polar surface area (TPSA) is 135 Å². The highest BCUT2D eigenvalue weighted by molar-refractivity contribution is 7.90. The van der Waals surface area contributed by atoms with E-state index >= 15 is 0 Å². The zero-order valence-corrected chi connectivity index (χ0v) is 12.6. The van der Waals surface area contributed by atoms with E-state index in [0.717, 1.165) is 6.07 Å². The Morgan fingerprint density at radius 3 is 2.48 bits per heavy atom. The maximum Gasteiger partial charge on any atom is 0.241 e. The quantitative estimate of drug-likeness (QED) is 0.714. The predicted octanol–water partition coefficient (Wildman–Crippen LogP) is 0.0966. The molecule has 1 unspecified atom stereocenters. The SMILES string of the molecule is CC(NS(=O)(=O)c1cccc(S(N)(=O)=O)c1)c1ncc[nH]1. The van der Waals surface area contributed by atoms with Gasteiger partial charge in [-0.25, -0.2) is 31.7 Å². The molecule has 1 aromatic carbocycles. The molecule has 2 rings (SSSR count). The minimum atomic E-state index is -3.97. The van der Waals surface area contributed by atoms with Crippen LogP contribution in [0.3, 0.4) is 0 Å². The normalized spacial score (nSPS) is 14.0. The van der Waals surface area contributed by atoms with Crippen LogP contribution in [0.2, 0.25) is 0 Å². The zero-order valence-electron chi connectivity index (χ0n) is 11.0. The summed E-state index contributed by atoms with van der Waals surface area (Å²) in [7, 11) is -7.87. The largest absolute Gasteiger partial charge is 0.347 e. The number of sulfonamides is 2. The summed E-state index contributed by atoms with van der Waals surface area (Å²) in [5.41, 5.74) is 0. The second-order valence-electron chi connectivity index (χ2n) is 4.34. The molecule has 114 valence electrons. The van der Waals surface area contributed by atoms with Crippen LogP contribution in [0.15, 0.2) is 46.5 Å². The number of aromatic nitrogens is 2. The van der Waals surface area contributed by atoms with Gasteiger partial charge >= 0.3 is 0 Å². The van der Waals surface area contributed by atoms with Gasteiger partial charge in [0.1, 0.15) is 5.82 Å². The van der Waals surface area contributed by atoms with Crippen molar-refractivity contribution in [1.82, 2.24) is 14.7 Å². The predicted molar refractivity (Wildman–Crippen MR) is 75.1 cm³/mol. The lowest BCUT2D eigenvalue weighted by Crippen LogP contribution is -2.27. The molecule has 0 spiro atoms. The molecule has 0 radical (unpaired) electrons. The Balaban J connectivity index is 2.32. The van der Waals surface area contributed by atoms with E-state index in [4.69, 9.17) is 5.14 Å². The van der Waals surface area contributed by atoms with Crippen LogP contribution in [0.5, 0.6) is 0 Å². The number of hydrogen-bond donors (Lipinski definition) is 3. The van der Waals surface area contributed by atoms with Crippen molar-refractivity contribution < 1.29 is 16.8 Å². The Morgan fingerprint density at radius 1 is 1.24 bits per heavy atom. The highest BCUT2D eigenvalue weighted by atomic mass is 32.2. The molecule has 1 heterocycles. The van der Waals surface area contributed by atoms with Crippen LogP contribution in [0.1, 0.15) is 18.8 Å². The fourth-order valence-corrected chi connectivity index (χ4v) is 3.58. The molecule has 1 atom stereocenters. The van der Waals surface area contributed by atoms with E-state index in [-0.39, 0.29) is 9.79 Å². The van der Waals surface area contributed by atoms with Crippen LogP contribution >= 0.6 is 0 Å². The monoisotopic (exact) mass is 330 g/mol. The summed E-state index contributed by atoms with van der Waals surface area (Å²) in [6, 6.07) is 4.23. The third-order valence-corrected chi connectivity index (χ3v) is 5.16. The van der Waals surface area contributed by atoms with E-state index in [1.807, 2.05) is 0 Å². The average Bonchev–Trinajstić information content (AvgIpc) is 2.91. The molecule has 21 heavy (non-hydrogen) atoms. The molecule has 10 heteroatoms. The van der Waals surface area contributed by atoms with Gasteiger partial charge in [0.05, 0.1) is 15.8 Å². The summed E-state index contributed by atoms with van der Waals surface area (Å²) in [6.07, 6.45) is 3.07. The number of nitrogens with one attached hydrogen (secondary N) is 2. The molecule has 0 aliphatic carbocycles. The van der Waals surface area contributed by atoms with Crippen molar-refractivity contribution in [3.63, 3.8) is 0 Å². The number of rotatable bonds is 5. The molecule has 0 aliphatic rings. The molecular weight excluding hydrogens is 316 g/mol. The van der Waals surface area contributed by atoms with Crippen molar-refractivity contribution >= 4 is 20.0 Å². The van der Waals surface area contributed by atoms with E-state index in [2.05, 4.69) is 14.7 Å². The van der Waals surface area contributed by atoms with Crippen LogP contribution in [0, 0.1) is 0 Å². The first-order valence-corrected chi connectivity index (χ1v) is 8.87. The first kappa shape index (κ1) is 15.6. The van der Waals surface area contributed by atoms with Gasteiger partial charge in [0, 0.05) is 12.4 Å². The second-order valence-corrected chi connectivity index (χ2v) is 7.61. The van der Waals surface area contributed by atoms with Crippen LogP contribution < -0.4 is 9.86 Å². The Morgan fingerprint density at radius 2 is 1.90 bits per heavy atom. The van der Waals surface area contributed by atoms with Crippen molar-refractivity contribution in [3.05, 3.63) is 42.5 Å². The highest BCUT2D eigenvalue weighted by Crippen LogP contribution is 2.17. The summed E-state index contributed by atoms with van der Waals surface area (Å²) in [5.74, 6) is 0.446. The smallest absolute Gasteiger partial charge is 0.241 e. The van der Waals surface area contributed by atoms with Crippen LogP contribution in [-0.4, -0.2) is 26.8 Å². The molecule has 0 aliphatic heterocycles. The lowest BCUT2D eigenvalue weighted by atomic mass is 10.3.